The molecule has 7 heteroatoms. The number of nitrogens with zero attached hydrogens (tertiary/aromatic N) is 4. The van der Waals surface area contributed by atoms with Gasteiger partial charge >= 0.3 is 0 Å². The molecule has 0 aromatic carbocycles. The van der Waals surface area contributed by atoms with Gasteiger partial charge < -0.3 is 14.3 Å². The second-order valence-corrected chi connectivity index (χ2v) is 5.78. The Labute approximate surface area is 124 Å². The van der Waals surface area contributed by atoms with E-state index in [1.165, 1.54) is 0 Å². The van der Waals surface area contributed by atoms with E-state index in [-0.39, 0.29) is 23.8 Å². The maximum absolute atomic E-state index is 12.4. The number of aromatic nitrogens is 2. The molecular weight excluding hydrogens is 272 g/mol. The van der Waals surface area contributed by atoms with E-state index in [1.54, 1.807) is 23.8 Å². The lowest BCUT2D eigenvalue weighted by atomic mass is 10.1. The lowest BCUT2D eigenvalue weighted by molar-refractivity contribution is -0.134. The van der Waals surface area contributed by atoms with Crippen molar-refractivity contribution in [1.29, 1.82) is 0 Å². The average molecular weight is 294 g/mol. The number of hydrogen-bond donors (Lipinski definition) is 0. The number of carbonyl (C=O) groups excluding carboxylic acids is 2. The SMILES string of the molecule is Cc1nc(CCN(C)C(=O)[C@H]2CC(=O)N(C(C)C)C2)no1. The topological polar surface area (TPSA) is 79.5 Å². The van der Waals surface area contributed by atoms with Crippen molar-refractivity contribution in [2.45, 2.75) is 39.7 Å². The highest BCUT2D eigenvalue weighted by atomic mass is 16.5. The maximum Gasteiger partial charge on any atom is 0.227 e. The minimum atomic E-state index is -0.239. The first kappa shape index (κ1) is 15.5. The Morgan fingerprint density at radius 3 is 2.76 bits per heavy atom. The van der Waals surface area contributed by atoms with Crippen LogP contribution in [0.3, 0.4) is 0 Å². The highest BCUT2D eigenvalue weighted by Gasteiger charge is 2.36. The molecule has 0 bridgehead atoms. The molecule has 1 aromatic rings. The van der Waals surface area contributed by atoms with E-state index < -0.39 is 0 Å². The molecule has 2 amide bonds. The minimum absolute atomic E-state index is 0.00622. The summed E-state index contributed by atoms with van der Waals surface area (Å²) < 4.78 is 4.90. The van der Waals surface area contributed by atoms with Crippen molar-refractivity contribution in [3.63, 3.8) is 0 Å². The first-order valence-corrected chi connectivity index (χ1v) is 7.22. The van der Waals surface area contributed by atoms with Crippen molar-refractivity contribution >= 4 is 11.8 Å². The monoisotopic (exact) mass is 294 g/mol. The Kier molecular flexibility index (Phi) is 4.59. The van der Waals surface area contributed by atoms with E-state index in [0.29, 0.717) is 37.6 Å². The van der Waals surface area contributed by atoms with Gasteiger partial charge in [0.25, 0.3) is 0 Å². The first-order chi connectivity index (χ1) is 9.88. The van der Waals surface area contributed by atoms with Crippen LogP contribution in [-0.4, -0.2) is 57.9 Å². The summed E-state index contributed by atoms with van der Waals surface area (Å²) in [6.45, 7) is 6.70. The molecular formula is C14H22N4O3. The number of amides is 2. The molecule has 1 aromatic heterocycles. The van der Waals surface area contributed by atoms with Crippen LogP contribution in [0.25, 0.3) is 0 Å². The predicted octanol–water partition coefficient (Wildman–Crippen LogP) is 0.636. The summed E-state index contributed by atoms with van der Waals surface area (Å²) in [5.74, 6) is 0.945. The number of carbonyl (C=O) groups is 2. The zero-order valence-corrected chi connectivity index (χ0v) is 13.0. The molecule has 1 aliphatic rings. The quantitative estimate of drug-likeness (QED) is 0.796. The molecule has 1 saturated heterocycles. The summed E-state index contributed by atoms with van der Waals surface area (Å²) in [4.78, 5) is 31.7. The van der Waals surface area contributed by atoms with Gasteiger partial charge in [0.05, 0.1) is 5.92 Å². The number of rotatable bonds is 5. The van der Waals surface area contributed by atoms with Crippen molar-refractivity contribution in [3.05, 3.63) is 11.7 Å². The Hall–Kier alpha value is -1.92. The molecule has 0 spiro atoms. The smallest absolute Gasteiger partial charge is 0.227 e. The standard InChI is InChI=1S/C14H22N4O3/c1-9(2)18-8-11(7-13(18)19)14(20)17(4)6-5-12-15-10(3)21-16-12/h9,11H,5-8H2,1-4H3/t11-/m0/s1. The van der Waals surface area contributed by atoms with Gasteiger partial charge in [-0.2, -0.15) is 4.98 Å². The van der Waals surface area contributed by atoms with Crippen LogP contribution in [0.1, 0.15) is 32.0 Å². The Morgan fingerprint density at radius 1 is 1.52 bits per heavy atom. The third kappa shape index (κ3) is 3.59. The molecule has 2 rings (SSSR count). The molecule has 1 aliphatic heterocycles. The van der Waals surface area contributed by atoms with Crippen molar-refractivity contribution < 1.29 is 14.1 Å². The number of likely N-dealkylation sites (N-methyl/N-ethyl adjacent to an activating group) is 1. The van der Waals surface area contributed by atoms with Crippen LogP contribution in [0.5, 0.6) is 0 Å². The van der Waals surface area contributed by atoms with E-state index in [9.17, 15) is 9.59 Å². The zero-order chi connectivity index (χ0) is 15.6. The van der Waals surface area contributed by atoms with Crippen LogP contribution in [0.4, 0.5) is 0 Å². The fourth-order valence-corrected chi connectivity index (χ4v) is 2.53. The molecule has 0 aliphatic carbocycles. The van der Waals surface area contributed by atoms with Crippen LogP contribution in [0, 0.1) is 12.8 Å². The Bertz CT molecular complexity index is 526. The number of likely N-dealkylation sites (tertiary alicyclic amines) is 1. The van der Waals surface area contributed by atoms with Gasteiger partial charge in [0, 0.05) is 45.9 Å². The molecule has 0 radical (unpaired) electrons. The average Bonchev–Trinajstić information content (AvgIpc) is 3.01. The van der Waals surface area contributed by atoms with E-state index >= 15 is 0 Å². The normalized spacial score (nSPS) is 18.6. The maximum atomic E-state index is 12.4. The van der Waals surface area contributed by atoms with Crippen LogP contribution < -0.4 is 0 Å². The second-order valence-electron chi connectivity index (χ2n) is 5.78. The highest BCUT2D eigenvalue weighted by molar-refractivity contribution is 5.89. The second kappa shape index (κ2) is 6.24. The summed E-state index contributed by atoms with van der Waals surface area (Å²) in [5.41, 5.74) is 0. The van der Waals surface area contributed by atoms with Gasteiger partial charge in [-0.1, -0.05) is 5.16 Å². The molecule has 0 N–H and O–H groups in total. The number of hydrogen-bond acceptors (Lipinski definition) is 5. The van der Waals surface area contributed by atoms with Gasteiger partial charge in [0.15, 0.2) is 5.82 Å². The van der Waals surface area contributed by atoms with Crippen LogP contribution in [0.2, 0.25) is 0 Å². The van der Waals surface area contributed by atoms with Gasteiger partial charge in [0.1, 0.15) is 0 Å². The van der Waals surface area contributed by atoms with E-state index in [0.717, 1.165) is 0 Å². The van der Waals surface area contributed by atoms with E-state index in [4.69, 9.17) is 4.52 Å². The summed E-state index contributed by atoms with van der Waals surface area (Å²) in [6, 6.07) is 0.142. The molecule has 2 heterocycles. The van der Waals surface area contributed by atoms with Gasteiger partial charge in [0.2, 0.25) is 17.7 Å². The summed E-state index contributed by atoms with van der Waals surface area (Å²) in [6.07, 6.45) is 0.858. The van der Waals surface area contributed by atoms with Crippen molar-refractivity contribution in [2.75, 3.05) is 20.1 Å². The van der Waals surface area contributed by atoms with Gasteiger partial charge in [-0.15, -0.1) is 0 Å². The molecule has 0 saturated carbocycles. The molecule has 0 unspecified atom stereocenters. The summed E-state index contributed by atoms with van der Waals surface area (Å²) in [7, 11) is 1.75. The minimum Gasteiger partial charge on any atom is -0.345 e. The van der Waals surface area contributed by atoms with Crippen LogP contribution in [0.15, 0.2) is 4.52 Å². The molecule has 7 nitrogen and oxygen atoms in total. The summed E-state index contributed by atoms with van der Waals surface area (Å²) in [5, 5.41) is 3.81. The van der Waals surface area contributed by atoms with Gasteiger partial charge in [-0.25, -0.2) is 0 Å². The van der Waals surface area contributed by atoms with Crippen LogP contribution >= 0.6 is 0 Å². The van der Waals surface area contributed by atoms with Crippen molar-refractivity contribution in [3.8, 4) is 0 Å². The van der Waals surface area contributed by atoms with Crippen LogP contribution in [-0.2, 0) is 16.0 Å². The van der Waals surface area contributed by atoms with E-state index in [1.807, 2.05) is 13.8 Å². The predicted molar refractivity (Wildman–Crippen MR) is 75.3 cm³/mol. The lowest BCUT2D eigenvalue weighted by Crippen LogP contribution is -2.37. The largest absolute Gasteiger partial charge is 0.345 e. The van der Waals surface area contributed by atoms with Crippen molar-refractivity contribution in [2.24, 2.45) is 5.92 Å². The highest BCUT2D eigenvalue weighted by Crippen LogP contribution is 2.21. The Balaban J connectivity index is 1.86. The molecule has 1 fully saturated rings. The molecule has 21 heavy (non-hydrogen) atoms. The molecule has 1 atom stereocenters. The third-order valence-corrected chi connectivity index (χ3v) is 3.75. The Morgan fingerprint density at radius 2 is 2.24 bits per heavy atom. The van der Waals surface area contributed by atoms with E-state index in [2.05, 4.69) is 10.1 Å². The fourth-order valence-electron chi connectivity index (χ4n) is 2.53. The summed E-state index contributed by atoms with van der Waals surface area (Å²) >= 11 is 0. The van der Waals surface area contributed by atoms with Gasteiger partial charge in [-0.05, 0) is 13.8 Å². The zero-order valence-electron chi connectivity index (χ0n) is 13.0. The third-order valence-electron chi connectivity index (χ3n) is 3.75. The molecule has 116 valence electrons. The van der Waals surface area contributed by atoms with Gasteiger partial charge in [-0.3, -0.25) is 9.59 Å². The first-order valence-electron chi connectivity index (χ1n) is 7.22. The number of aryl methyl sites for hydroxylation is 1. The lowest BCUT2D eigenvalue weighted by Gasteiger charge is -2.23. The van der Waals surface area contributed by atoms with Crippen molar-refractivity contribution in [1.82, 2.24) is 19.9 Å². The fraction of sp³-hybridized carbons (Fsp3) is 0.714.